The molecule has 0 aromatic heterocycles. The van der Waals surface area contributed by atoms with Crippen LogP contribution in [0.3, 0.4) is 0 Å². The summed E-state index contributed by atoms with van der Waals surface area (Å²) in [5.74, 6) is 0.180. The Bertz CT molecular complexity index is 321. The molecule has 0 bridgehead atoms. The van der Waals surface area contributed by atoms with Gasteiger partial charge in [0.15, 0.2) is 0 Å². The monoisotopic (exact) mass is 213 g/mol. The fraction of sp³-hybridized carbons (Fsp3) is 0.455. The Morgan fingerprint density at radius 3 is 2.93 bits per heavy atom. The Balaban J connectivity index is 2.22. The molecule has 0 amide bonds. The molecule has 0 aliphatic carbocycles. The third-order valence-corrected chi connectivity index (χ3v) is 3.03. The first-order valence-corrected chi connectivity index (χ1v) is 5.31. The van der Waals surface area contributed by atoms with Crippen molar-refractivity contribution in [3.63, 3.8) is 0 Å². The number of hydrogen-bond acceptors (Lipinski definition) is 1. The highest BCUT2D eigenvalue weighted by molar-refractivity contribution is 6.31. The number of hydrogen-bond donors (Lipinski definition) is 1. The van der Waals surface area contributed by atoms with Crippen molar-refractivity contribution < 1.29 is 4.39 Å². The molecule has 1 N–H and O–H groups in total. The summed E-state index contributed by atoms with van der Waals surface area (Å²) < 4.78 is 12.8. The van der Waals surface area contributed by atoms with E-state index in [0.29, 0.717) is 10.9 Å². The molecule has 1 aromatic rings. The predicted octanol–water partition coefficient (Wildman–Crippen LogP) is 2.95. The second kappa shape index (κ2) is 4.28. The Morgan fingerprint density at radius 2 is 2.29 bits per heavy atom. The Labute approximate surface area is 88.3 Å². The first kappa shape index (κ1) is 9.94. The third kappa shape index (κ3) is 2.07. The lowest BCUT2D eigenvalue weighted by Gasteiger charge is -2.23. The Hall–Kier alpha value is -0.600. The minimum atomic E-state index is -0.262. The average Bonchev–Trinajstić information content (AvgIpc) is 2.19. The molecule has 76 valence electrons. The van der Waals surface area contributed by atoms with E-state index in [4.69, 9.17) is 11.6 Å². The number of piperidine rings is 1. The fourth-order valence-corrected chi connectivity index (χ4v) is 2.27. The quantitative estimate of drug-likeness (QED) is 0.757. The summed E-state index contributed by atoms with van der Waals surface area (Å²) in [4.78, 5) is 0. The van der Waals surface area contributed by atoms with E-state index in [1.807, 2.05) is 0 Å². The molecule has 1 heterocycles. The van der Waals surface area contributed by atoms with Gasteiger partial charge in [0.2, 0.25) is 0 Å². The van der Waals surface area contributed by atoms with Crippen LogP contribution in [0.1, 0.15) is 24.3 Å². The lowest BCUT2D eigenvalue weighted by Crippen LogP contribution is -2.28. The van der Waals surface area contributed by atoms with E-state index in [0.717, 1.165) is 25.1 Å². The maximum Gasteiger partial charge on any atom is 0.124 e. The van der Waals surface area contributed by atoms with Gasteiger partial charge in [-0.3, -0.25) is 0 Å². The van der Waals surface area contributed by atoms with Crippen molar-refractivity contribution in [1.29, 1.82) is 0 Å². The van der Waals surface area contributed by atoms with Crippen LogP contribution in [0.4, 0.5) is 4.39 Å². The third-order valence-electron chi connectivity index (χ3n) is 2.70. The molecule has 14 heavy (non-hydrogen) atoms. The van der Waals surface area contributed by atoms with Gasteiger partial charge in [0.1, 0.15) is 5.82 Å². The second-order valence-electron chi connectivity index (χ2n) is 3.71. The van der Waals surface area contributed by atoms with Gasteiger partial charge in [0, 0.05) is 11.6 Å². The van der Waals surface area contributed by atoms with Gasteiger partial charge in [-0.05, 0) is 43.0 Å². The molecule has 0 saturated carbocycles. The zero-order valence-corrected chi connectivity index (χ0v) is 8.65. The number of halogens is 2. The van der Waals surface area contributed by atoms with Crippen LogP contribution in [0, 0.1) is 5.82 Å². The first-order valence-electron chi connectivity index (χ1n) is 4.93. The van der Waals surface area contributed by atoms with Crippen LogP contribution in [0.2, 0.25) is 5.02 Å². The highest BCUT2D eigenvalue weighted by Gasteiger charge is 2.17. The van der Waals surface area contributed by atoms with Crippen LogP contribution in [0.5, 0.6) is 0 Å². The number of benzene rings is 1. The normalized spacial score (nSPS) is 22.3. The number of nitrogens with one attached hydrogen (secondary N) is 1. The molecule has 1 nitrogen and oxygen atoms in total. The number of rotatable bonds is 1. The molecule has 2 rings (SSSR count). The molecule has 1 fully saturated rings. The summed E-state index contributed by atoms with van der Waals surface area (Å²) in [5, 5.41) is 3.88. The van der Waals surface area contributed by atoms with Crippen molar-refractivity contribution in [2.24, 2.45) is 0 Å². The van der Waals surface area contributed by atoms with Crippen LogP contribution >= 0.6 is 11.6 Å². The van der Waals surface area contributed by atoms with Gasteiger partial charge in [-0.2, -0.15) is 0 Å². The van der Waals surface area contributed by atoms with Crippen molar-refractivity contribution in [1.82, 2.24) is 5.32 Å². The van der Waals surface area contributed by atoms with Gasteiger partial charge in [-0.15, -0.1) is 0 Å². The van der Waals surface area contributed by atoms with E-state index in [9.17, 15) is 4.39 Å². The molecule has 3 heteroatoms. The topological polar surface area (TPSA) is 12.0 Å². The average molecular weight is 214 g/mol. The SMILES string of the molecule is Fc1ccc([C@@H]2CCCNC2)c(Cl)c1. The van der Waals surface area contributed by atoms with E-state index >= 15 is 0 Å². The molecule has 0 spiro atoms. The lowest BCUT2D eigenvalue weighted by molar-refractivity contribution is 0.461. The van der Waals surface area contributed by atoms with Gasteiger partial charge >= 0.3 is 0 Å². The summed E-state index contributed by atoms with van der Waals surface area (Å²) >= 11 is 6.00. The van der Waals surface area contributed by atoms with E-state index in [2.05, 4.69) is 5.32 Å². The van der Waals surface area contributed by atoms with Gasteiger partial charge < -0.3 is 5.32 Å². The zero-order chi connectivity index (χ0) is 9.97. The predicted molar refractivity (Wildman–Crippen MR) is 56.3 cm³/mol. The van der Waals surface area contributed by atoms with Crippen LogP contribution in [-0.2, 0) is 0 Å². The largest absolute Gasteiger partial charge is 0.316 e. The van der Waals surface area contributed by atoms with E-state index in [-0.39, 0.29) is 5.82 Å². The zero-order valence-electron chi connectivity index (χ0n) is 7.89. The van der Waals surface area contributed by atoms with Crippen molar-refractivity contribution >= 4 is 11.6 Å². The van der Waals surface area contributed by atoms with E-state index in [1.54, 1.807) is 6.07 Å². The molecule has 0 radical (unpaired) electrons. The summed E-state index contributed by atoms with van der Waals surface area (Å²) in [7, 11) is 0. The molecule has 1 aliphatic rings. The maximum atomic E-state index is 12.8. The summed E-state index contributed by atoms with van der Waals surface area (Å²) in [6.45, 7) is 2.03. The highest BCUT2D eigenvalue weighted by Crippen LogP contribution is 2.29. The maximum absolute atomic E-state index is 12.8. The molecule has 0 unspecified atom stereocenters. The molecule has 1 atom stereocenters. The Morgan fingerprint density at radius 1 is 1.43 bits per heavy atom. The van der Waals surface area contributed by atoms with Crippen LogP contribution < -0.4 is 5.32 Å². The standard InChI is InChI=1S/C11H13ClFN/c12-11-6-9(13)3-4-10(11)8-2-1-5-14-7-8/h3-4,6,8,14H,1-2,5,7H2/t8-/m1/s1. The lowest BCUT2D eigenvalue weighted by atomic mass is 9.92. The minimum absolute atomic E-state index is 0.262. The summed E-state index contributed by atoms with van der Waals surface area (Å²) in [6, 6.07) is 4.68. The molecular weight excluding hydrogens is 201 g/mol. The van der Waals surface area contributed by atoms with E-state index < -0.39 is 0 Å². The molecule has 1 saturated heterocycles. The minimum Gasteiger partial charge on any atom is -0.316 e. The Kier molecular flexibility index (Phi) is 3.04. The van der Waals surface area contributed by atoms with Crippen molar-refractivity contribution in [2.75, 3.05) is 13.1 Å². The molecule has 1 aliphatic heterocycles. The van der Waals surface area contributed by atoms with Crippen molar-refractivity contribution in [2.45, 2.75) is 18.8 Å². The van der Waals surface area contributed by atoms with Gasteiger partial charge in [0.25, 0.3) is 0 Å². The van der Waals surface area contributed by atoms with Gasteiger partial charge in [0.05, 0.1) is 0 Å². The van der Waals surface area contributed by atoms with Crippen molar-refractivity contribution in [3.8, 4) is 0 Å². The molecular formula is C11H13ClFN. The molecule has 1 aromatic carbocycles. The van der Waals surface area contributed by atoms with Gasteiger partial charge in [-0.1, -0.05) is 17.7 Å². The summed E-state index contributed by atoms with van der Waals surface area (Å²) in [6.07, 6.45) is 2.30. The van der Waals surface area contributed by atoms with Crippen LogP contribution in [0.15, 0.2) is 18.2 Å². The fourth-order valence-electron chi connectivity index (χ4n) is 1.95. The highest BCUT2D eigenvalue weighted by atomic mass is 35.5. The summed E-state index contributed by atoms with van der Waals surface area (Å²) in [5.41, 5.74) is 1.07. The smallest absolute Gasteiger partial charge is 0.124 e. The van der Waals surface area contributed by atoms with Crippen LogP contribution in [0.25, 0.3) is 0 Å². The second-order valence-corrected chi connectivity index (χ2v) is 4.12. The first-order chi connectivity index (χ1) is 6.77. The van der Waals surface area contributed by atoms with Crippen LogP contribution in [-0.4, -0.2) is 13.1 Å². The van der Waals surface area contributed by atoms with E-state index in [1.165, 1.54) is 18.6 Å². The van der Waals surface area contributed by atoms with Gasteiger partial charge in [-0.25, -0.2) is 4.39 Å². The van der Waals surface area contributed by atoms with Crippen molar-refractivity contribution in [3.05, 3.63) is 34.6 Å².